The second-order valence-electron chi connectivity index (χ2n) is 5.62. The van der Waals surface area contributed by atoms with Gasteiger partial charge in [-0.2, -0.15) is 13.2 Å². The lowest BCUT2D eigenvalue weighted by Gasteiger charge is -2.08. The van der Waals surface area contributed by atoms with Crippen LogP contribution in [0.5, 0.6) is 0 Å². The minimum Gasteiger partial charge on any atom is -0.298 e. The number of aryl methyl sites for hydroxylation is 1. The first-order valence-corrected chi connectivity index (χ1v) is 8.78. The van der Waals surface area contributed by atoms with Crippen LogP contribution in [0, 0.1) is 0 Å². The fourth-order valence-corrected chi connectivity index (χ4v) is 3.10. The van der Waals surface area contributed by atoms with Gasteiger partial charge in [0, 0.05) is 16.5 Å². The van der Waals surface area contributed by atoms with Gasteiger partial charge in [-0.1, -0.05) is 37.3 Å². The number of aromatic nitrogens is 1. The summed E-state index contributed by atoms with van der Waals surface area (Å²) in [6.07, 6.45) is -3.55. The molecule has 3 aromatic rings. The van der Waals surface area contributed by atoms with Gasteiger partial charge in [0.05, 0.1) is 11.3 Å². The van der Waals surface area contributed by atoms with Crippen molar-refractivity contribution >= 4 is 22.4 Å². The number of amides is 1. The molecule has 26 heavy (non-hydrogen) atoms. The molecule has 0 unspecified atom stereocenters. The molecule has 1 N–H and O–H groups in total. The molecule has 0 spiro atoms. The van der Waals surface area contributed by atoms with E-state index in [1.807, 2.05) is 24.3 Å². The molecule has 0 aliphatic heterocycles. The minimum absolute atomic E-state index is 0.0659. The number of hydrogen-bond acceptors (Lipinski definition) is 3. The average molecular weight is 376 g/mol. The van der Waals surface area contributed by atoms with Crippen LogP contribution in [0.4, 0.5) is 18.3 Å². The van der Waals surface area contributed by atoms with E-state index >= 15 is 0 Å². The molecule has 0 atom stereocenters. The molecular weight excluding hydrogens is 361 g/mol. The highest BCUT2D eigenvalue weighted by Gasteiger charge is 2.30. The van der Waals surface area contributed by atoms with Crippen molar-refractivity contribution in [1.29, 1.82) is 0 Å². The third-order valence-electron chi connectivity index (χ3n) is 3.83. The SMILES string of the molecule is CCc1ccc(-c2csc(NC(=O)c3cccc(C(F)(F)F)c3)n2)cc1. The third-order valence-corrected chi connectivity index (χ3v) is 4.59. The van der Waals surface area contributed by atoms with E-state index in [9.17, 15) is 18.0 Å². The Bertz CT molecular complexity index is 917. The first kappa shape index (κ1) is 18.1. The maximum Gasteiger partial charge on any atom is 0.416 e. The third kappa shape index (κ3) is 4.11. The lowest BCUT2D eigenvalue weighted by molar-refractivity contribution is -0.137. The molecule has 0 aliphatic rings. The summed E-state index contributed by atoms with van der Waals surface area (Å²) in [5, 5.41) is 4.68. The molecule has 2 aromatic carbocycles. The number of rotatable bonds is 4. The highest BCUT2D eigenvalue weighted by molar-refractivity contribution is 7.14. The summed E-state index contributed by atoms with van der Waals surface area (Å²) in [4.78, 5) is 16.5. The molecule has 1 aromatic heterocycles. The summed E-state index contributed by atoms with van der Waals surface area (Å²) >= 11 is 1.22. The molecule has 7 heteroatoms. The number of anilines is 1. The largest absolute Gasteiger partial charge is 0.416 e. The van der Waals surface area contributed by atoms with Crippen LogP contribution in [0.2, 0.25) is 0 Å². The van der Waals surface area contributed by atoms with Crippen LogP contribution in [0.3, 0.4) is 0 Å². The predicted octanol–water partition coefficient (Wildman–Crippen LogP) is 5.64. The smallest absolute Gasteiger partial charge is 0.298 e. The van der Waals surface area contributed by atoms with E-state index < -0.39 is 17.6 Å². The summed E-state index contributed by atoms with van der Waals surface area (Å²) in [5.41, 5.74) is 1.90. The van der Waals surface area contributed by atoms with E-state index in [2.05, 4.69) is 17.2 Å². The molecule has 0 saturated heterocycles. The number of nitrogens with zero attached hydrogens (tertiary/aromatic N) is 1. The topological polar surface area (TPSA) is 42.0 Å². The van der Waals surface area contributed by atoms with Crippen molar-refractivity contribution in [3.63, 3.8) is 0 Å². The molecule has 0 bridgehead atoms. The van der Waals surface area contributed by atoms with Crippen LogP contribution >= 0.6 is 11.3 Å². The summed E-state index contributed by atoms with van der Waals surface area (Å²) in [6, 6.07) is 12.2. The van der Waals surface area contributed by atoms with E-state index in [0.29, 0.717) is 10.8 Å². The molecule has 1 heterocycles. The van der Waals surface area contributed by atoms with Gasteiger partial charge in [0.2, 0.25) is 0 Å². The first-order chi connectivity index (χ1) is 12.4. The standard InChI is InChI=1S/C19H15F3N2OS/c1-2-12-6-8-13(9-7-12)16-11-26-18(23-16)24-17(25)14-4-3-5-15(10-14)19(20,21)22/h3-11H,2H2,1H3,(H,23,24,25). The molecule has 134 valence electrons. The van der Waals surface area contributed by atoms with Crippen molar-refractivity contribution < 1.29 is 18.0 Å². The predicted molar refractivity (Wildman–Crippen MR) is 96.3 cm³/mol. The van der Waals surface area contributed by atoms with Crippen molar-refractivity contribution in [3.8, 4) is 11.3 Å². The quantitative estimate of drug-likeness (QED) is 0.640. The van der Waals surface area contributed by atoms with Gasteiger partial charge in [-0.25, -0.2) is 4.98 Å². The van der Waals surface area contributed by atoms with Crippen molar-refractivity contribution in [2.24, 2.45) is 0 Å². The van der Waals surface area contributed by atoms with Crippen molar-refractivity contribution in [2.45, 2.75) is 19.5 Å². The zero-order valence-electron chi connectivity index (χ0n) is 13.8. The number of nitrogens with one attached hydrogen (secondary N) is 1. The maximum absolute atomic E-state index is 12.8. The molecule has 3 nitrogen and oxygen atoms in total. The second-order valence-corrected chi connectivity index (χ2v) is 6.48. The van der Waals surface area contributed by atoms with Gasteiger partial charge in [0.25, 0.3) is 5.91 Å². The van der Waals surface area contributed by atoms with E-state index in [1.54, 1.807) is 5.38 Å². The number of alkyl halides is 3. The molecule has 0 radical (unpaired) electrons. The van der Waals surface area contributed by atoms with Gasteiger partial charge >= 0.3 is 6.18 Å². The van der Waals surface area contributed by atoms with Crippen LogP contribution in [0.15, 0.2) is 53.9 Å². The van der Waals surface area contributed by atoms with Gasteiger partial charge in [0.15, 0.2) is 5.13 Å². The Morgan fingerprint density at radius 1 is 1.15 bits per heavy atom. The van der Waals surface area contributed by atoms with E-state index in [1.165, 1.54) is 29.0 Å². The number of hydrogen-bond donors (Lipinski definition) is 1. The maximum atomic E-state index is 12.8. The second kappa shape index (κ2) is 7.29. The Morgan fingerprint density at radius 3 is 2.54 bits per heavy atom. The molecule has 0 fully saturated rings. The average Bonchev–Trinajstić information content (AvgIpc) is 3.09. The van der Waals surface area contributed by atoms with Crippen LogP contribution in [-0.4, -0.2) is 10.9 Å². The van der Waals surface area contributed by atoms with Gasteiger partial charge < -0.3 is 0 Å². The Hall–Kier alpha value is -2.67. The summed E-state index contributed by atoms with van der Waals surface area (Å²) in [5.74, 6) is -0.627. The normalized spacial score (nSPS) is 11.4. The fourth-order valence-electron chi connectivity index (χ4n) is 2.38. The monoisotopic (exact) mass is 376 g/mol. The highest BCUT2D eigenvalue weighted by Crippen LogP contribution is 2.30. The van der Waals surface area contributed by atoms with Crippen molar-refractivity contribution in [1.82, 2.24) is 4.98 Å². The van der Waals surface area contributed by atoms with Gasteiger partial charge in [-0.05, 0) is 30.2 Å². The number of benzene rings is 2. The number of carbonyl (C=O) groups is 1. The van der Waals surface area contributed by atoms with E-state index in [0.717, 1.165) is 24.1 Å². The Morgan fingerprint density at radius 2 is 1.88 bits per heavy atom. The van der Waals surface area contributed by atoms with Crippen LogP contribution in [0.25, 0.3) is 11.3 Å². The zero-order chi connectivity index (χ0) is 18.7. The van der Waals surface area contributed by atoms with Crippen LogP contribution in [0.1, 0.15) is 28.4 Å². The van der Waals surface area contributed by atoms with Gasteiger partial charge in [0.1, 0.15) is 0 Å². The fraction of sp³-hybridized carbons (Fsp3) is 0.158. The van der Waals surface area contributed by atoms with E-state index in [4.69, 9.17) is 0 Å². The first-order valence-electron chi connectivity index (χ1n) is 7.90. The summed E-state index contributed by atoms with van der Waals surface area (Å²) in [6.45, 7) is 2.07. The Balaban J connectivity index is 1.75. The molecular formula is C19H15F3N2OS. The minimum atomic E-state index is -4.49. The van der Waals surface area contributed by atoms with Gasteiger partial charge in [-0.15, -0.1) is 11.3 Å². The molecule has 1 amide bonds. The highest BCUT2D eigenvalue weighted by atomic mass is 32.1. The number of thiazole rings is 1. The Labute approximate surface area is 152 Å². The van der Waals surface area contributed by atoms with E-state index in [-0.39, 0.29) is 5.56 Å². The lowest BCUT2D eigenvalue weighted by Crippen LogP contribution is -2.13. The summed E-state index contributed by atoms with van der Waals surface area (Å²) in [7, 11) is 0. The molecule has 0 aliphatic carbocycles. The van der Waals surface area contributed by atoms with Gasteiger partial charge in [-0.3, -0.25) is 10.1 Å². The van der Waals surface area contributed by atoms with Crippen LogP contribution < -0.4 is 5.32 Å². The number of halogens is 3. The number of carbonyl (C=O) groups excluding carboxylic acids is 1. The van der Waals surface area contributed by atoms with Crippen molar-refractivity contribution in [2.75, 3.05) is 5.32 Å². The van der Waals surface area contributed by atoms with Crippen LogP contribution in [-0.2, 0) is 12.6 Å². The van der Waals surface area contributed by atoms with Crippen molar-refractivity contribution in [3.05, 3.63) is 70.6 Å². The molecule has 0 saturated carbocycles. The summed E-state index contributed by atoms with van der Waals surface area (Å²) < 4.78 is 38.3. The Kier molecular flexibility index (Phi) is 5.08. The zero-order valence-corrected chi connectivity index (χ0v) is 14.6. The lowest BCUT2D eigenvalue weighted by atomic mass is 10.1. The molecule has 3 rings (SSSR count).